The maximum Gasteiger partial charge on any atom is 0.225 e. The minimum Gasteiger partial charge on any atom is -0.339 e. The largest absolute Gasteiger partial charge is 0.339 e. The van der Waals surface area contributed by atoms with Crippen molar-refractivity contribution in [3.05, 3.63) is 53.1 Å². The predicted octanol–water partition coefficient (Wildman–Crippen LogP) is 3.33. The number of piperidine rings is 1. The van der Waals surface area contributed by atoms with Crippen LogP contribution in [0.25, 0.3) is 0 Å². The molecule has 4 nitrogen and oxygen atoms in total. The maximum atomic E-state index is 13.1. The van der Waals surface area contributed by atoms with Gasteiger partial charge in [0.2, 0.25) is 5.95 Å². The van der Waals surface area contributed by atoms with Crippen molar-refractivity contribution in [2.24, 2.45) is 5.92 Å². The van der Waals surface area contributed by atoms with Crippen LogP contribution < -0.4 is 4.90 Å². The molecule has 2 aliphatic heterocycles. The van der Waals surface area contributed by atoms with E-state index in [2.05, 4.69) is 51.8 Å². The van der Waals surface area contributed by atoms with E-state index in [-0.39, 0.29) is 5.82 Å². The number of rotatable bonds is 3. The highest BCUT2D eigenvalue weighted by Gasteiger charge is 2.38. The Balaban J connectivity index is 1.49. The van der Waals surface area contributed by atoms with Gasteiger partial charge in [-0.3, -0.25) is 4.90 Å². The number of hydrogen-bond acceptors (Lipinski definition) is 4. The van der Waals surface area contributed by atoms with Crippen molar-refractivity contribution < 1.29 is 4.39 Å². The Labute approximate surface area is 148 Å². The van der Waals surface area contributed by atoms with Gasteiger partial charge in [-0.2, -0.15) is 0 Å². The van der Waals surface area contributed by atoms with Gasteiger partial charge in [0.1, 0.15) is 0 Å². The molecule has 0 bridgehead atoms. The summed E-state index contributed by atoms with van der Waals surface area (Å²) in [5.74, 6) is 1.02. The molecule has 1 aromatic carbocycles. The monoisotopic (exact) mass is 340 g/mol. The summed E-state index contributed by atoms with van der Waals surface area (Å²) in [5, 5.41) is 0. The first kappa shape index (κ1) is 16.5. The van der Waals surface area contributed by atoms with E-state index < -0.39 is 0 Å². The van der Waals surface area contributed by atoms with Gasteiger partial charge in [0.25, 0.3) is 0 Å². The maximum absolute atomic E-state index is 13.1. The van der Waals surface area contributed by atoms with Gasteiger partial charge < -0.3 is 4.90 Å². The molecule has 2 unspecified atom stereocenters. The normalized spacial score (nSPS) is 23.7. The average molecular weight is 340 g/mol. The fourth-order valence-corrected chi connectivity index (χ4v) is 4.32. The Morgan fingerprint density at radius 1 is 1.12 bits per heavy atom. The topological polar surface area (TPSA) is 32.3 Å². The number of hydrogen-bond donors (Lipinski definition) is 0. The molecule has 2 saturated heterocycles. The fourth-order valence-electron chi connectivity index (χ4n) is 4.32. The third-order valence-corrected chi connectivity index (χ3v) is 5.74. The number of halogens is 1. The van der Waals surface area contributed by atoms with Gasteiger partial charge in [0, 0.05) is 25.7 Å². The van der Waals surface area contributed by atoms with Crippen molar-refractivity contribution >= 4 is 5.95 Å². The van der Waals surface area contributed by atoms with Gasteiger partial charge in [0.05, 0.1) is 12.4 Å². The van der Waals surface area contributed by atoms with Crippen LogP contribution in [-0.2, 0) is 6.54 Å². The summed E-state index contributed by atoms with van der Waals surface area (Å²) in [6.45, 7) is 8.40. The van der Waals surface area contributed by atoms with Gasteiger partial charge in [-0.1, -0.05) is 23.8 Å². The second kappa shape index (κ2) is 6.71. The Hall–Kier alpha value is -2.01. The van der Waals surface area contributed by atoms with Crippen molar-refractivity contribution in [2.75, 3.05) is 24.5 Å². The fraction of sp³-hybridized carbons (Fsp3) is 0.500. The van der Waals surface area contributed by atoms with E-state index in [1.165, 1.54) is 35.5 Å². The van der Waals surface area contributed by atoms with Crippen molar-refractivity contribution in [1.82, 2.24) is 14.9 Å². The van der Waals surface area contributed by atoms with Crippen LogP contribution >= 0.6 is 0 Å². The second-order valence-electron chi connectivity index (χ2n) is 7.45. The molecule has 25 heavy (non-hydrogen) atoms. The van der Waals surface area contributed by atoms with E-state index in [9.17, 15) is 4.39 Å². The van der Waals surface area contributed by atoms with Crippen LogP contribution in [0.2, 0.25) is 0 Å². The predicted molar refractivity (Wildman–Crippen MR) is 97.0 cm³/mol. The van der Waals surface area contributed by atoms with Crippen molar-refractivity contribution in [3.8, 4) is 0 Å². The molecule has 2 aromatic rings. The number of anilines is 1. The van der Waals surface area contributed by atoms with E-state index in [0.717, 1.165) is 38.5 Å². The molecule has 0 amide bonds. The SMILES string of the molecule is Cc1ccc(CN2CCC3CCN(c4ncc(F)cn4)CC32)c(C)c1. The minimum atomic E-state index is -0.379. The summed E-state index contributed by atoms with van der Waals surface area (Å²) in [5.41, 5.74) is 4.11. The summed E-state index contributed by atoms with van der Waals surface area (Å²) in [7, 11) is 0. The van der Waals surface area contributed by atoms with E-state index in [0.29, 0.717) is 12.0 Å². The Morgan fingerprint density at radius 2 is 1.88 bits per heavy atom. The van der Waals surface area contributed by atoms with Gasteiger partial charge >= 0.3 is 0 Å². The molecule has 0 saturated carbocycles. The lowest BCUT2D eigenvalue weighted by molar-refractivity contribution is 0.199. The average Bonchev–Trinajstić information content (AvgIpc) is 3.00. The molecular weight excluding hydrogens is 315 g/mol. The lowest BCUT2D eigenvalue weighted by atomic mass is 9.92. The highest BCUT2D eigenvalue weighted by Crippen LogP contribution is 2.34. The number of aromatic nitrogens is 2. The molecule has 5 heteroatoms. The van der Waals surface area contributed by atoms with Crippen LogP contribution in [0.5, 0.6) is 0 Å². The van der Waals surface area contributed by atoms with E-state index >= 15 is 0 Å². The number of aryl methyl sites for hydroxylation is 2. The number of fused-ring (bicyclic) bond motifs is 1. The van der Waals surface area contributed by atoms with E-state index in [1.54, 1.807) is 0 Å². The zero-order chi connectivity index (χ0) is 17.4. The van der Waals surface area contributed by atoms with E-state index in [4.69, 9.17) is 0 Å². The zero-order valence-electron chi connectivity index (χ0n) is 15.0. The van der Waals surface area contributed by atoms with E-state index in [1.807, 2.05) is 0 Å². The van der Waals surface area contributed by atoms with Crippen LogP contribution in [-0.4, -0.2) is 40.5 Å². The summed E-state index contributed by atoms with van der Waals surface area (Å²) in [6.07, 6.45) is 4.95. The molecule has 2 fully saturated rings. The highest BCUT2D eigenvalue weighted by molar-refractivity contribution is 5.32. The van der Waals surface area contributed by atoms with Crippen LogP contribution in [0, 0.1) is 25.6 Å². The highest BCUT2D eigenvalue weighted by atomic mass is 19.1. The molecule has 1 aromatic heterocycles. The number of nitrogens with zero attached hydrogens (tertiary/aromatic N) is 4. The zero-order valence-corrected chi connectivity index (χ0v) is 15.0. The molecule has 2 aliphatic rings. The van der Waals surface area contributed by atoms with Crippen molar-refractivity contribution in [1.29, 1.82) is 0 Å². The quantitative estimate of drug-likeness (QED) is 0.858. The van der Waals surface area contributed by atoms with Crippen LogP contribution in [0.1, 0.15) is 29.5 Å². The van der Waals surface area contributed by atoms with Crippen LogP contribution in [0.3, 0.4) is 0 Å². The van der Waals surface area contributed by atoms with Crippen LogP contribution in [0.15, 0.2) is 30.6 Å². The Bertz CT molecular complexity index is 746. The number of likely N-dealkylation sites (tertiary alicyclic amines) is 1. The molecule has 4 rings (SSSR count). The van der Waals surface area contributed by atoms with Crippen molar-refractivity contribution in [3.63, 3.8) is 0 Å². The first-order valence-electron chi connectivity index (χ1n) is 9.13. The summed E-state index contributed by atoms with van der Waals surface area (Å²) in [4.78, 5) is 13.2. The molecule has 0 N–H and O–H groups in total. The van der Waals surface area contributed by atoms with Gasteiger partial charge in [0.15, 0.2) is 5.82 Å². The van der Waals surface area contributed by atoms with Gasteiger partial charge in [-0.25, -0.2) is 14.4 Å². The third kappa shape index (κ3) is 3.38. The molecule has 0 aliphatic carbocycles. The molecular formula is C20H25FN4. The lowest BCUT2D eigenvalue weighted by Crippen LogP contribution is -2.48. The smallest absolute Gasteiger partial charge is 0.225 e. The van der Waals surface area contributed by atoms with Gasteiger partial charge in [-0.15, -0.1) is 0 Å². The minimum absolute atomic E-state index is 0.379. The second-order valence-corrected chi connectivity index (χ2v) is 7.45. The van der Waals surface area contributed by atoms with Crippen molar-refractivity contribution in [2.45, 2.75) is 39.3 Å². The summed E-state index contributed by atoms with van der Waals surface area (Å²) < 4.78 is 13.1. The lowest BCUT2D eigenvalue weighted by Gasteiger charge is -2.38. The molecule has 0 spiro atoms. The summed E-state index contributed by atoms with van der Waals surface area (Å²) >= 11 is 0. The molecule has 132 valence electrons. The number of benzene rings is 1. The standard InChI is InChI=1S/C20H25FN4/c1-14-3-4-17(15(2)9-14)12-24-7-5-16-6-8-25(13-19(16)24)20-22-10-18(21)11-23-20/h3-4,9-11,16,19H,5-8,12-13H2,1-2H3. The summed E-state index contributed by atoms with van der Waals surface area (Å²) in [6, 6.07) is 7.27. The third-order valence-electron chi connectivity index (χ3n) is 5.74. The van der Waals surface area contributed by atoms with Gasteiger partial charge in [-0.05, 0) is 50.3 Å². The Kier molecular flexibility index (Phi) is 4.42. The molecule has 0 radical (unpaired) electrons. The Morgan fingerprint density at radius 3 is 2.64 bits per heavy atom. The molecule has 2 atom stereocenters. The van der Waals surface area contributed by atoms with Crippen LogP contribution in [0.4, 0.5) is 10.3 Å². The first-order valence-corrected chi connectivity index (χ1v) is 9.13. The first-order chi connectivity index (χ1) is 12.1. The molecule has 3 heterocycles.